The number of amides is 1. The van der Waals surface area contributed by atoms with Gasteiger partial charge in [0.1, 0.15) is 0 Å². The third-order valence-corrected chi connectivity index (χ3v) is 3.66. The van der Waals surface area contributed by atoms with E-state index in [1.165, 1.54) is 0 Å². The van der Waals surface area contributed by atoms with Gasteiger partial charge in [-0.3, -0.25) is 4.79 Å². The Morgan fingerprint density at radius 3 is 2.61 bits per heavy atom. The lowest BCUT2D eigenvalue weighted by Crippen LogP contribution is -2.52. The maximum atomic E-state index is 11.9. The van der Waals surface area contributed by atoms with Gasteiger partial charge in [0, 0.05) is 11.5 Å². The molecule has 3 heteroatoms. The van der Waals surface area contributed by atoms with Crippen molar-refractivity contribution in [3.8, 4) is 0 Å². The van der Waals surface area contributed by atoms with Gasteiger partial charge in [-0.25, -0.2) is 0 Å². The van der Waals surface area contributed by atoms with Crippen LogP contribution in [0.2, 0.25) is 0 Å². The summed E-state index contributed by atoms with van der Waals surface area (Å²) in [6.07, 6.45) is 10.1. The van der Waals surface area contributed by atoms with Crippen molar-refractivity contribution < 1.29 is 9.53 Å². The summed E-state index contributed by atoms with van der Waals surface area (Å²) >= 11 is 0. The highest BCUT2D eigenvalue weighted by atomic mass is 16.5. The number of rotatable bonds is 2. The van der Waals surface area contributed by atoms with Crippen molar-refractivity contribution in [1.29, 1.82) is 0 Å². The average molecular weight is 251 g/mol. The zero-order valence-corrected chi connectivity index (χ0v) is 11.7. The minimum atomic E-state index is -0.149. The summed E-state index contributed by atoms with van der Waals surface area (Å²) in [5.74, 6) is 0.698. The quantitative estimate of drug-likeness (QED) is 0.766. The molecule has 1 amide bonds. The molecule has 0 saturated carbocycles. The van der Waals surface area contributed by atoms with Crippen molar-refractivity contribution in [2.24, 2.45) is 5.92 Å². The first-order valence-corrected chi connectivity index (χ1v) is 7.07. The van der Waals surface area contributed by atoms with Crippen molar-refractivity contribution in [3.05, 3.63) is 12.2 Å². The molecule has 3 nitrogen and oxygen atoms in total. The number of nitrogens with one attached hydrogen (secondary N) is 1. The topological polar surface area (TPSA) is 38.3 Å². The number of ether oxygens (including phenoxy) is 1. The molecule has 2 rings (SSSR count). The maximum Gasteiger partial charge on any atom is 0.223 e. The number of hydrogen-bond acceptors (Lipinski definition) is 2. The summed E-state index contributed by atoms with van der Waals surface area (Å²) < 4.78 is 5.87. The van der Waals surface area contributed by atoms with E-state index in [0.29, 0.717) is 18.4 Å². The van der Waals surface area contributed by atoms with Crippen molar-refractivity contribution in [1.82, 2.24) is 5.32 Å². The summed E-state index contributed by atoms with van der Waals surface area (Å²) in [7, 11) is 0. The van der Waals surface area contributed by atoms with Crippen LogP contribution in [0.15, 0.2) is 12.2 Å². The largest absolute Gasteiger partial charge is 0.374 e. The van der Waals surface area contributed by atoms with Gasteiger partial charge in [0.25, 0.3) is 0 Å². The number of carbonyl (C=O) groups is 1. The normalized spacial score (nSPS) is 33.6. The zero-order chi connectivity index (χ0) is 13.2. The number of carbonyl (C=O) groups excluding carboxylic acids is 1. The molecule has 0 spiro atoms. The van der Waals surface area contributed by atoms with Gasteiger partial charge in [0.15, 0.2) is 0 Å². The maximum absolute atomic E-state index is 11.9. The van der Waals surface area contributed by atoms with Gasteiger partial charge in [-0.1, -0.05) is 12.2 Å². The van der Waals surface area contributed by atoms with Crippen LogP contribution in [-0.2, 0) is 9.53 Å². The second-order valence-corrected chi connectivity index (χ2v) is 6.51. The van der Waals surface area contributed by atoms with Crippen LogP contribution in [0, 0.1) is 5.92 Å². The summed E-state index contributed by atoms with van der Waals surface area (Å²) in [4.78, 5) is 11.9. The SMILES string of the molecule is CC(C)(C)NC(=O)CC1OC2CC/C=C/CCC21. The van der Waals surface area contributed by atoms with Crippen molar-refractivity contribution in [2.45, 2.75) is 70.6 Å². The molecular formula is C15H25NO2. The van der Waals surface area contributed by atoms with Crippen LogP contribution < -0.4 is 5.32 Å². The fourth-order valence-electron chi connectivity index (χ4n) is 2.87. The Morgan fingerprint density at radius 1 is 1.28 bits per heavy atom. The average Bonchev–Trinajstić information content (AvgIpc) is 2.18. The lowest BCUT2D eigenvalue weighted by Gasteiger charge is -2.45. The predicted molar refractivity (Wildman–Crippen MR) is 72.3 cm³/mol. The second-order valence-electron chi connectivity index (χ2n) is 6.51. The number of fused-ring (bicyclic) bond motifs is 1. The zero-order valence-electron chi connectivity index (χ0n) is 11.7. The molecule has 0 bridgehead atoms. The third-order valence-electron chi connectivity index (χ3n) is 3.66. The van der Waals surface area contributed by atoms with Crippen molar-refractivity contribution in [3.63, 3.8) is 0 Å². The smallest absolute Gasteiger partial charge is 0.223 e. The van der Waals surface area contributed by atoms with Crippen LogP contribution in [0.25, 0.3) is 0 Å². The molecule has 1 aliphatic heterocycles. The summed E-state index contributed by atoms with van der Waals surface area (Å²) in [5.41, 5.74) is -0.149. The van der Waals surface area contributed by atoms with Crippen LogP contribution in [0.3, 0.4) is 0 Å². The molecule has 1 heterocycles. The molecular weight excluding hydrogens is 226 g/mol. The van der Waals surface area contributed by atoms with Gasteiger partial charge in [0.05, 0.1) is 18.6 Å². The Morgan fingerprint density at radius 2 is 1.94 bits per heavy atom. The van der Waals surface area contributed by atoms with Gasteiger partial charge in [-0.15, -0.1) is 0 Å². The van der Waals surface area contributed by atoms with Crippen LogP contribution >= 0.6 is 0 Å². The number of hydrogen-bond donors (Lipinski definition) is 1. The van der Waals surface area contributed by atoms with E-state index in [2.05, 4.69) is 17.5 Å². The Labute approximate surface area is 110 Å². The minimum absolute atomic E-state index is 0.114. The lowest BCUT2D eigenvalue weighted by atomic mass is 9.80. The Kier molecular flexibility index (Phi) is 4.10. The van der Waals surface area contributed by atoms with Gasteiger partial charge >= 0.3 is 0 Å². The molecule has 2 aliphatic rings. The first-order valence-electron chi connectivity index (χ1n) is 7.07. The molecule has 1 saturated heterocycles. The van der Waals surface area contributed by atoms with E-state index in [1.54, 1.807) is 0 Å². The van der Waals surface area contributed by atoms with E-state index in [4.69, 9.17) is 4.74 Å². The first kappa shape index (κ1) is 13.6. The van der Waals surface area contributed by atoms with E-state index in [1.807, 2.05) is 20.8 Å². The van der Waals surface area contributed by atoms with Gasteiger partial charge < -0.3 is 10.1 Å². The monoisotopic (exact) mass is 251 g/mol. The second kappa shape index (κ2) is 5.43. The Bertz CT molecular complexity index is 330. The molecule has 18 heavy (non-hydrogen) atoms. The lowest BCUT2D eigenvalue weighted by molar-refractivity contribution is -0.192. The van der Waals surface area contributed by atoms with E-state index >= 15 is 0 Å². The standard InChI is InChI=1S/C15H25NO2/c1-15(2,3)16-14(17)10-13-11-8-6-4-5-7-9-12(11)18-13/h4-5,11-13H,6-10H2,1-3H3,(H,16,17)/b5-4+. The Hall–Kier alpha value is -0.830. The summed E-state index contributed by atoms with van der Waals surface area (Å²) in [6, 6.07) is 0. The van der Waals surface area contributed by atoms with Crippen molar-refractivity contribution in [2.75, 3.05) is 0 Å². The predicted octanol–water partition coefficient (Wildman–Crippen LogP) is 2.81. The molecule has 1 aliphatic carbocycles. The highest BCUT2D eigenvalue weighted by molar-refractivity contribution is 5.77. The Balaban J connectivity index is 1.81. The van der Waals surface area contributed by atoms with E-state index in [-0.39, 0.29) is 17.6 Å². The highest BCUT2D eigenvalue weighted by Crippen LogP contribution is 2.38. The fourth-order valence-corrected chi connectivity index (χ4v) is 2.87. The van der Waals surface area contributed by atoms with Crippen LogP contribution in [-0.4, -0.2) is 23.7 Å². The van der Waals surface area contributed by atoms with Gasteiger partial charge in [0.2, 0.25) is 5.91 Å². The van der Waals surface area contributed by atoms with E-state index in [9.17, 15) is 4.79 Å². The van der Waals surface area contributed by atoms with Crippen LogP contribution in [0.5, 0.6) is 0 Å². The molecule has 0 radical (unpaired) electrons. The molecule has 3 unspecified atom stereocenters. The number of allylic oxidation sites excluding steroid dienone is 2. The first-order chi connectivity index (χ1) is 8.46. The molecule has 0 aromatic rings. The minimum Gasteiger partial charge on any atom is -0.374 e. The summed E-state index contributed by atoms with van der Waals surface area (Å²) in [5, 5.41) is 3.01. The van der Waals surface area contributed by atoms with E-state index < -0.39 is 0 Å². The molecule has 1 N–H and O–H groups in total. The molecule has 0 aromatic heterocycles. The summed E-state index contributed by atoms with van der Waals surface area (Å²) in [6.45, 7) is 6.03. The highest BCUT2D eigenvalue weighted by Gasteiger charge is 2.42. The van der Waals surface area contributed by atoms with Crippen LogP contribution in [0.4, 0.5) is 0 Å². The third kappa shape index (κ3) is 3.58. The van der Waals surface area contributed by atoms with Gasteiger partial charge in [-0.05, 0) is 46.5 Å². The van der Waals surface area contributed by atoms with Crippen molar-refractivity contribution >= 4 is 5.91 Å². The van der Waals surface area contributed by atoms with Gasteiger partial charge in [-0.2, -0.15) is 0 Å². The molecule has 0 aromatic carbocycles. The molecule has 102 valence electrons. The fraction of sp³-hybridized carbons (Fsp3) is 0.800. The molecule has 3 atom stereocenters. The van der Waals surface area contributed by atoms with Crippen LogP contribution in [0.1, 0.15) is 52.9 Å². The molecule has 1 fully saturated rings. The van der Waals surface area contributed by atoms with E-state index in [0.717, 1.165) is 25.7 Å².